The van der Waals surface area contributed by atoms with Crippen LogP contribution in [0.4, 0.5) is 4.39 Å². The van der Waals surface area contributed by atoms with Gasteiger partial charge in [-0.25, -0.2) is 4.39 Å². The maximum atomic E-state index is 13.9. The molecule has 1 N–H and O–H groups in total. The van der Waals surface area contributed by atoms with Gasteiger partial charge in [0.15, 0.2) is 22.5 Å². The Morgan fingerprint density at radius 1 is 1.26 bits per heavy atom. The van der Waals surface area contributed by atoms with E-state index in [2.05, 4.69) is 39.1 Å². The number of allylic oxidation sites excluding steroid dienone is 1. The monoisotopic (exact) mass is 495 g/mol. The van der Waals surface area contributed by atoms with Gasteiger partial charge in [-0.05, 0) is 31.0 Å². The van der Waals surface area contributed by atoms with Crippen molar-refractivity contribution in [3.63, 3.8) is 0 Å². The molecule has 7 nitrogen and oxygen atoms in total. The summed E-state index contributed by atoms with van der Waals surface area (Å²) in [6, 6.07) is 16.7. The number of likely N-dealkylation sites (tertiary alicyclic amines) is 1. The van der Waals surface area contributed by atoms with E-state index < -0.39 is 5.82 Å². The molecule has 2 unspecified atom stereocenters. The number of hydrogen-bond donors (Lipinski definition) is 1. The molecule has 1 aliphatic rings. The van der Waals surface area contributed by atoms with Gasteiger partial charge in [0.25, 0.3) is 0 Å². The van der Waals surface area contributed by atoms with Crippen LogP contribution in [0.2, 0.25) is 0 Å². The largest absolute Gasteiger partial charge is 0.483 e. The zero-order valence-corrected chi connectivity index (χ0v) is 20.6. The molecule has 0 spiro atoms. The first-order valence-electron chi connectivity index (χ1n) is 11.7. The molecule has 184 valence electrons. The Labute approximate surface area is 209 Å². The topological polar surface area (TPSA) is 72.3 Å². The molecular weight excluding hydrogens is 465 g/mol. The fourth-order valence-corrected chi connectivity index (χ4v) is 4.88. The van der Waals surface area contributed by atoms with Gasteiger partial charge in [0, 0.05) is 32.2 Å². The number of ether oxygens (including phenoxy) is 1. The van der Waals surface area contributed by atoms with Crippen LogP contribution in [-0.4, -0.2) is 50.0 Å². The lowest BCUT2D eigenvalue weighted by atomic mass is 10.2. The van der Waals surface area contributed by atoms with Crippen molar-refractivity contribution in [3.8, 4) is 5.75 Å². The van der Waals surface area contributed by atoms with Gasteiger partial charge in [0.2, 0.25) is 5.91 Å². The number of nitrogens with one attached hydrogen (secondary N) is 1. The van der Waals surface area contributed by atoms with Crippen LogP contribution in [-0.2, 0) is 24.5 Å². The van der Waals surface area contributed by atoms with E-state index in [-0.39, 0.29) is 29.6 Å². The molecule has 9 heteroatoms. The van der Waals surface area contributed by atoms with E-state index in [0.29, 0.717) is 17.5 Å². The fraction of sp³-hybridized carbons (Fsp3) is 0.346. The maximum Gasteiger partial charge on any atom is 0.233 e. The molecule has 3 aromatic rings. The Kier molecular flexibility index (Phi) is 8.54. The van der Waals surface area contributed by atoms with E-state index in [1.54, 1.807) is 24.3 Å². The molecule has 2 atom stereocenters. The Morgan fingerprint density at radius 3 is 2.80 bits per heavy atom. The van der Waals surface area contributed by atoms with E-state index in [4.69, 9.17) is 4.74 Å². The highest BCUT2D eigenvalue weighted by molar-refractivity contribution is 8.00. The molecule has 35 heavy (non-hydrogen) atoms. The minimum Gasteiger partial charge on any atom is -0.483 e. The quantitative estimate of drug-likeness (QED) is 0.320. The summed E-state index contributed by atoms with van der Waals surface area (Å²) < 4.78 is 21.3. The molecule has 1 amide bonds. The average molecular weight is 496 g/mol. The van der Waals surface area contributed by atoms with Crippen molar-refractivity contribution in [1.82, 2.24) is 25.0 Å². The molecule has 0 saturated carbocycles. The van der Waals surface area contributed by atoms with Gasteiger partial charge < -0.3 is 10.1 Å². The zero-order chi connectivity index (χ0) is 24.6. The van der Waals surface area contributed by atoms with E-state index in [1.807, 2.05) is 29.7 Å². The Balaban J connectivity index is 1.31. The molecule has 0 radical (unpaired) electrons. The van der Waals surface area contributed by atoms with Crippen LogP contribution < -0.4 is 10.1 Å². The number of para-hydroxylation sites is 1. The van der Waals surface area contributed by atoms with E-state index in [0.717, 1.165) is 26.1 Å². The summed E-state index contributed by atoms with van der Waals surface area (Å²) in [7, 11) is 0. The van der Waals surface area contributed by atoms with E-state index >= 15 is 0 Å². The van der Waals surface area contributed by atoms with Crippen molar-refractivity contribution in [3.05, 3.63) is 84.5 Å². The number of benzene rings is 2. The number of rotatable bonds is 11. The van der Waals surface area contributed by atoms with Crippen LogP contribution in [0, 0.1) is 5.82 Å². The first kappa shape index (κ1) is 24.9. The van der Waals surface area contributed by atoms with Crippen molar-refractivity contribution >= 4 is 17.7 Å². The van der Waals surface area contributed by atoms with Crippen LogP contribution in [0.25, 0.3) is 0 Å². The number of thioether (sulfide) groups is 1. The molecule has 1 fully saturated rings. The second kappa shape index (κ2) is 12.0. The van der Waals surface area contributed by atoms with E-state index in [9.17, 15) is 9.18 Å². The van der Waals surface area contributed by atoms with Gasteiger partial charge in [-0.3, -0.25) is 14.3 Å². The fourth-order valence-electron chi connectivity index (χ4n) is 4.00. The smallest absolute Gasteiger partial charge is 0.233 e. The van der Waals surface area contributed by atoms with Gasteiger partial charge in [0.1, 0.15) is 6.61 Å². The number of amides is 1. The third kappa shape index (κ3) is 6.70. The maximum absolute atomic E-state index is 13.9. The molecule has 4 rings (SSSR count). The normalized spacial score (nSPS) is 16.7. The van der Waals surface area contributed by atoms with Crippen molar-refractivity contribution in [2.24, 2.45) is 0 Å². The number of hydrogen-bond acceptors (Lipinski definition) is 6. The first-order chi connectivity index (χ1) is 17.0. The summed E-state index contributed by atoms with van der Waals surface area (Å²) in [6.45, 7) is 8.86. The van der Waals surface area contributed by atoms with Crippen molar-refractivity contribution in [2.45, 2.75) is 49.5 Å². The lowest BCUT2D eigenvalue weighted by Crippen LogP contribution is -2.40. The summed E-state index contributed by atoms with van der Waals surface area (Å²) in [6.07, 6.45) is 2.66. The molecular formula is C26H30FN5O2S. The number of halogens is 1. The van der Waals surface area contributed by atoms with Crippen molar-refractivity contribution in [1.29, 1.82) is 0 Å². The minimum absolute atomic E-state index is 0.0288. The summed E-state index contributed by atoms with van der Waals surface area (Å²) in [5.41, 5.74) is 1.28. The van der Waals surface area contributed by atoms with Crippen LogP contribution in [0.3, 0.4) is 0 Å². The van der Waals surface area contributed by atoms with E-state index in [1.165, 1.54) is 23.4 Å². The summed E-state index contributed by atoms with van der Waals surface area (Å²) in [5, 5.41) is 11.9. The lowest BCUT2D eigenvalue weighted by molar-refractivity contribution is -0.120. The zero-order valence-electron chi connectivity index (χ0n) is 19.8. The number of carbonyl (C=O) groups excluding carboxylic acids is 1. The lowest BCUT2D eigenvalue weighted by Gasteiger charge is -2.18. The number of nitrogens with zero attached hydrogens (tertiary/aromatic N) is 4. The highest BCUT2D eigenvalue weighted by Gasteiger charge is 2.27. The Morgan fingerprint density at radius 2 is 2.03 bits per heavy atom. The molecule has 1 aromatic heterocycles. The van der Waals surface area contributed by atoms with Gasteiger partial charge in [-0.2, -0.15) is 0 Å². The third-order valence-corrected chi connectivity index (χ3v) is 6.90. The summed E-state index contributed by atoms with van der Waals surface area (Å²) >= 11 is 1.34. The first-order valence-corrected chi connectivity index (χ1v) is 12.5. The molecule has 2 aromatic carbocycles. The molecule has 1 aliphatic heterocycles. The third-order valence-electron chi connectivity index (χ3n) is 5.82. The highest BCUT2D eigenvalue weighted by Crippen LogP contribution is 2.24. The SMILES string of the molecule is C=CCn1c(COc2ccccc2F)nnc1SC(C)C(=O)NC1CCN(Cc2ccccc2)C1. The second-order valence-electron chi connectivity index (χ2n) is 8.49. The molecule has 0 bridgehead atoms. The number of aromatic nitrogens is 3. The van der Waals surface area contributed by atoms with Crippen LogP contribution >= 0.6 is 11.8 Å². The van der Waals surface area contributed by atoms with Crippen LogP contribution in [0.15, 0.2) is 72.4 Å². The molecule has 1 saturated heterocycles. The van der Waals surface area contributed by atoms with Crippen LogP contribution in [0.5, 0.6) is 5.75 Å². The predicted molar refractivity (Wildman–Crippen MR) is 135 cm³/mol. The molecule has 2 heterocycles. The minimum atomic E-state index is -0.434. The summed E-state index contributed by atoms with van der Waals surface area (Å²) in [5.74, 6) is 0.228. The van der Waals surface area contributed by atoms with Crippen LogP contribution in [0.1, 0.15) is 24.7 Å². The Bertz CT molecular complexity index is 1140. The van der Waals surface area contributed by atoms with Crippen molar-refractivity contribution < 1.29 is 13.9 Å². The van der Waals surface area contributed by atoms with Gasteiger partial charge in [-0.15, -0.1) is 16.8 Å². The van der Waals surface area contributed by atoms with Gasteiger partial charge >= 0.3 is 0 Å². The van der Waals surface area contributed by atoms with Gasteiger partial charge in [0.05, 0.1) is 5.25 Å². The Hall–Kier alpha value is -3.17. The van der Waals surface area contributed by atoms with Gasteiger partial charge in [-0.1, -0.05) is 60.3 Å². The highest BCUT2D eigenvalue weighted by atomic mass is 32.2. The second-order valence-corrected chi connectivity index (χ2v) is 9.80. The average Bonchev–Trinajstić information content (AvgIpc) is 3.46. The molecule has 0 aliphatic carbocycles. The predicted octanol–water partition coefficient (Wildman–Crippen LogP) is 4.05. The number of carbonyl (C=O) groups is 1. The standard InChI is InChI=1S/C26H30FN5O2S/c1-3-14-32-24(18-34-23-12-8-7-11-22(23)27)29-30-26(32)35-19(2)25(33)28-21-13-15-31(17-21)16-20-9-5-4-6-10-20/h3-12,19,21H,1,13-18H2,2H3,(H,28,33). The summed E-state index contributed by atoms with van der Waals surface area (Å²) in [4.78, 5) is 15.3. The van der Waals surface area contributed by atoms with Crippen molar-refractivity contribution in [2.75, 3.05) is 13.1 Å².